The first kappa shape index (κ1) is 24.7. The number of nitrogens with zero attached hydrogens (tertiary/aromatic N) is 5. The summed E-state index contributed by atoms with van der Waals surface area (Å²) in [4.78, 5) is 42.3. The number of ether oxygens (including phenoxy) is 3. The van der Waals surface area contributed by atoms with Crippen LogP contribution in [0.5, 0.6) is 5.88 Å². The van der Waals surface area contributed by atoms with Gasteiger partial charge >= 0.3 is 6.03 Å². The summed E-state index contributed by atoms with van der Waals surface area (Å²) in [7, 11) is 0. The van der Waals surface area contributed by atoms with E-state index in [0.29, 0.717) is 31.1 Å². The minimum atomic E-state index is -2.89. The van der Waals surface area contributed by atoms with Gasteiger partial charge in [0.15, 0.2) is 17.4 Å². The minimum Gasteiger partial charge on any atom is -0.474 e. The second-order valence-electron chi connectivity index (χ2n) is 10.2. The zero-order valence-electron chi connectivity index (χ0n) is 20.8. The second-order valence-corrected chi connectivity index (χ2v) is 10.2. The molecule has 6 rings (SSSR count). The normalized spacial score (nSPS) is 26.1. The van der Waals surface area contributed by atoms with Crippen molar-refractivity contribution in [1.82, 2.24) is 20.3 Å². The first-order valence-electron chi connectivity index (χ1n) is 12.4. The number of hydrogen-bond donors (Lipinski definition) is 2. The van der Waals surface area contributed by atoms with Crippen LogP contribution in [0.2, 0.25) is 0 Å². The van der Waals surface area contributed by atoms with Crippen LogP contribution in [0.3, 0.4) is 0 Å². The van der Waals surface area contributed by atoms with Crippen LogP contribution in [0.25, 0.3) is 0 Å². The first-order chi connectivity index (χ1) is 18.1. The highest BCUT2D eigenvalue weighted by molar-refractivity contribution is 6.05. The lowest BCUT2D eigenvalue weighted by Crippen LogP contribution is -2.48. The number of urea groups is 1. The van der Waals surface area contributed by atoms with Gasteiger partial charge in [-0.15, -0.1) is 0 Å². The zero-order chi connectivity index (χ0) is 26.7. The molecule has 2 unspecified atom stereocenters. The molecule has 4 aliphatic rings. The molecule has 0 aromatic carbocycles. The van der Waals surface area contributed by atoms with Gasteiger partial charge < -0.3 is 24.4 Å². The summed E-state index contributed by atoms with van der Waals surface area (Å²) in [5, 5.41) is 5.02. The highest BCUT2D eigenvalue weighted by atomic mass is 19.3. The number of alkyl halides is 2. The summed E-state index contributed by atoms with van der Waals surface area (Å²) >= 11 is 0. The number of hydrogen-bond acceptors (Lipinski definition) is 9. The maximum absolute atomic E-state index is 13.3. The Bertz CT molecular complexity index is 1260. The van der Waals surface area contributed by atoms with Crippen molar-refractivity contribution in [3.8, 4) is 5.88 Å². The van der Waals surface area contributed by atoms with E-state index in [1.54, 1.807) is 6.07 Å². The molecule has 14 heteroatoms. The van der Waals surface area contributed by atoms with E-state index in [-0.39, 0.29) is 42.6 Å². The van der Waals surface area contributed by atoms with E-state index in [1.807, 2.05) is 13.8 Å². The number of rotatable bonds is 6. The molecule has 1 aliphatic carbocycles. The number of pyridine rings is 1. The van der Waals surface area contributed by atoms with Gasteiger partial charge in [-0.3, -0.25) is 15.0 Å². The standard InChI is InChI=1S/C24H27F2N7O5/c1-23(2)37-12-14(38-23)11-36-19-9-27-18(8-28-19)31-22(35)33-13-5-6-32(10-13)16-4-3-15(29-20(16)33)21(34)30-17-7-24(17,25)26/h3-4,8-9,13-14,17H,5-7,10-12H2,1-2H3,(H,30,34)(H,27,31,35)/t13?,14-,17?/m0/s1. The largest absolute Gasteiger partial charge is 0.474 e. The van der Waals surface area contributed by atoms with E-state index in [4.69, 9.17) is 14.2 Å². The van der Waals surface area contributed by atoms with Gasteiger partial charge in [-0.05, 0) is 32.4 Å². The SMILES string of the molecule is CC1(C)OC[C@H](COc2cnc(NC(=O)N3c4nc(C(=O)NC5CC5(F)F)ccc4N4CCC3C4)cn2)O1. The maximum atomic E-state index is 13.3. The molecular formula is C24H27F2N7O5. The quantitative estimate of drug-likeness (QED) is 0.576. The molecule has 12 nitrogen and oxygen atoms in total. The summed E-state index contributed by atoms with van der Waals surface area (Å²) in [6.45, 7) is 5.65. The molecule has 2 aromatic heterocycles. The lowest BCUT2D eigenvalue weighted by molar-refractivity contribution is -0.141. The van der Waals surface area contributed by atoms with Gasteiger partial charge in [0.1, 0.15) is 18.4 Å². The highest BCUT2D eigenvalue weighted by Gasteiger charge is 2.58. The van der Waals surface area contributed by atoms with Crippen LogP contribution >= 0.6 is 0 Å². The summed E-state index contributed by atoms with van der Waals surface area (Å²) in [6.07, 6.45) is 2.87. The van der Waals surface area contributed by atoms with Gasteiger partial charge in [-0.2, -0.15) is 0 Å². The van der Waals surface area contributed by atoms with Gasteiger partial charge in [0.25, 0.3) is 11.8 Å². The third-order valence-corrected chi connectivity index (χ3v) is 6.88. The predicted molar refractivity (Wildman–Crippen MR) is 130 cm³/mol. The third kappa shape index (κ3) is 4.80. The topological polar surface area (TPSA) is 131 Å². The first-order valence-corrected chi connectivity index (χ1v) is 12.4. The number of nitrogens with one attached hydrogen (secondary N) is 2. The van der Waals surface area contributed by atoms with E-state index in [2.05, 4.69) is 30.5 Å². The van der Waals surface area contributed by atoms with Crippen LogP contribution in [0.1, 0.15) is 37.2 Å². The molecule has 3 fully saturated rings. The lowest BCUT2D eigenvalue weighted by Gasteiger charge is -2.35. The average molecular weight is 532 g/mol. The molecule has 3 aliphatic heterocycles. The van der Waals surface area contributed by atoms with Gasteiger partial charge in [0, 0.05) is 19.5 Å². The Hall–Kier alpha value is -3.65. The summed E-state index contributed by atoms with van der Waals surface area (Å²) < 4.78 is 43.4. The molecule has 0 radical (unpaired) electrons. The average Bonchev–Trinajstić information content (AvgIpc) is 3.17. The van der Waals surface area contributed by atoms with Crippen molar-refractivity contribution in [3.05, 3.63) is 30.2 Å². The van der Waals surface area contributed by atoms with Crippen LogP contribution in [-0.2, 0) is 9.47 Å². The number of halogens is 2. The second kappa shape index (κ2) is 8.98. The Morgan fingerprint density at radius 1 is 1.24 bits per heavy atom. The molecule has 0 spiro atoms. The molecule has 2 bridgehead atoms. The molecule has 2 saturated heterocycles. The van der Waals surface area contributed by atoms with Gasteiger partial charge in [0.2, 0.25) is 5.88 Å². The van der Waals surface area contributed by atoms with E-state index in [9.17, 15) is 18.4 Å². The van der Waals surface area contributed by atoms with Crippen molar-refractivity contribution in [2.45, 2.75) is 56.6 Å². The molecule has 1 saturated carbocycles. The number of fused-ring (bicyclic) bond motifs is 4. The molecule has 3 amide bonds. The Morgan fingerprint density at radius 3 is 2.74 bits per heavy atom. The minimum absolute atomic E-state index is 0.0342. The fraction of sp³-hybridized carbons (Fsp3) is 0.542. The molecule has 3 atom stereocenters. The number of amides is 3. The van der Waals surface area contributed by atoms with Crippen molar-refractivity contribution in [3.63, 3.8) is 0 Å². The van der Waals surface area contributed by atoms with Crippen molar-refractivity contribution in [2.75, 3.05) is 41.4 Å². The Balaban J connectivity index is 1.13. The van der Waals surface area contributed by atoms with Gasteiger partial charge in [-0.1, -0.05) is 0 Å². The molecule has 2 aromatic rings. The van der Waals surface area contributed by atoms with E-state index in [1.165, 1.54) is 23.4 Å². The van der Waals surface area contributed by atoms with E-state index in [0.717, 1.165) is 6.54 Å². The molecule has 5 heterocycles. The summed E-state index contributed by atoms with van der Waals surface area (Å²) in [6, 6.07) is 1.32. The summed E-state index contributed by atoms with van der Waals surface area (Å²) in [5.41, 5.74) is 0.659. The Labute approximate surface area is 216 Å². The smallest absolute Gasteiger partial charge is 0.329 e. The summed E-state index contributed by atoms with van der Waals surface area (Å²) in [5.74, 6) is -3.48. The monoisotopic (exact) mass is 531 g/mol. The van der Waals surface area contributed by atoms with E-state index >= 15 is 0 Å². The molecular weight excluding hydrogens is 504 g/mol. The van der Waals surface area contributed by atoms with Crippen molar-refractivity contribution >= 4 is 29.3 Å². The predicted octanol–water partition coefficient (Wildman–Crippen LogP) is 2.17. The van der Waals surface area contributed by atoms with Crippen LogP contribution in [0, 0.1) is 0 Å². The Morgan fingerprint density at radius 2 is 2.05 bits per heavy atom. The molecule has 38 heavy (non-hydrogen) atoms. The highest BCUT2D eigenvalue weighted by Crippen LogP contribution is 2.42. The zero-order valence-corrected chi connectivity index (χ0v) is 20.8. The maximum Gasteiger partial charge on any atom is 0.329 e. The van der Waals surface area contributed by atoms with Gasteiger partial charge in [0.05, 0.1) is 36.8 Å². The molecule has 2 N–H and O–H groups in total. The van der Waals surface area contributed by atoms with Crippen molar-refractivity contribution in [1.29, 1.82) is 0 Å². The number of carbonyl (C=O) groups is 2. The fourth-order valence-corrected chi connectivity index (χ4v) is 4.85. The fourth-order valence-electron chi connectivity index (χ4n) is 4.85. The van der Waals surface area contributed by atoms with Crippen LogP contribution in [0.15, 0.2) is 24.5 Å². The van der Waals surface area contributed by atoms with Crippen molar-refractivity contribution < 1.29 is 32.6 Å². The van der Waals surface area contributed by atoms with Crippen LogP contribution in [0.4, 0.5) is 30.9 Å². The van der Waals surface area contributed by atoms with Gasteiger partial charge in [-0.25, -0.2) is 28.5 Å². The molecule has 202 valence electrons. The van der Waals surface area contributed by atoms with E-state index < -0.39 is 29.7 Å². The van der Waals surface area contributed by atoms with Crippen molar-refractivity contribution in [2.24, 2.45) is 0 Å². The Kier molecular flexibility index (Phi) is 5.83. The number of aromatic nitrogens is 3. The lowest BCUT2D eigenvalue weighted by atomic mass is 10.1. The number of anilines is 3. The van der Waals surface area contributed by atoms with Crippen LogP contribution in [-0.4, -0.2) is 83.1 Å². The third-order valence-electron chi connectivity index (χ3n) is 6.88. The van der Waals surface area contributed by atoms with Crippen LogP contribution < -0.4 is 25.2 Å². The number of carbonyl (C=O) groups excluding carboxylic acids is 2.